The standard InChI is InChI=1S/C23H25F2N3O3S/c1-13-19(20(29)26-18-4-7-23(18)5-2-3-6-23)27-22(32-13)28(21(30)14-11-31-12-14)17-9-15(24)8-16(25)10-17/h8-10,14,18H,2-7,11-12H2,1H3,(H,26,29)/t18-/m0/s1. The molecule has 1 aromatic carbocycles. The summed E-state index contributed by atoms with van der Waals surface area (Å²) in [6.45, 7) is 2.26. The molecule has 170 valence electrons. The predicted octanol–water partition coefficient (Wildman–Crippen LogP) is 4.49. The number of carbonyl (C=O) groups is 2. The van der Waals surface area contributed by atoms with Crippen molar-refractivity contribution in [3.05, 3.63) is 40.4 Å². The van der Waals surface area contributed by atoms with E-state index in [1.54, 1.807) is 6.92 Å². The lowest BCUT2D eigenvalue weighted by Crippen LogP contribution is -2.54. The molecule has 6 nitrogen and oxygen atoms in total. The van der Waals surface area contributed by atoms with Crippen molar-refractivity contribution >= 4 is 34.0 Å². The molecule has 2 saturated carbocycles. The van der Waals surface area contributed by atoms with E-state index in [1.165, 1.54) is 17.7 Å². The Balaban J connectivity index is 1.43. The van der Waals surface area contributed by atoms with Gasteiger partial charge in [0.25, 0.3) is 5.91 Å². The van der Waals surface area contributed by atoms with E-state index in [-0.39, 0.29) is 53.0 Å². The van der Waals surface area contributed by atoms with Crippen LogP contribution in [0.25, 0.3) is 0 Å². The smallest absolute Gasteiger partial charge is 0.271 e. The zero-order valence-corrected chi connectivity index (χ0v) is 18.6. The van der Waals surface area contributed by atoms with Gasteiger partial charge in [0.1, 0.15) is 17.3 Å². The van der Waals surface area contributed by atoms with Crippen molar-refractivity contribution in [3.63, 3.8) is 0 Å². The Kier molecular flexibility index (Phi) is 5.49. The van der Waals surface area contributed by atoms with Crippen LogP contribution in [0, 0.1) is 29.9 Å². The van der Waals surface area contributed by atoms with Crippen molar-refractivity contribution < 1.29 is 23.1 Å². The first-order chi connectivity index (χ1) is 15.4. The number of benzene rings is 1. The monoisotopic (exact) mass is 461 g/mol. The van der Waals surface area contributed by atoms with E-state index in [1.807, 2.05) is 0 Å². The maximum atomic E-state index is 13.9. The van der Waals surface area contributed by atoms with Gasteiger partial charge in [-0.1, -0.05) is 12.8 Å². The molecule has 1 aromatic heterocycles. The first kappa shape index (κ1) is 21.5. The van der Waals surface area contributed by atoms with Gasteiger partial charge in [0.2, 0.25) is 5.91 Å². The fourth-order valence-corrected chi connectivity index (χ4v) is 6.01. The number of carbonyl (C=O) groups excluding carboxylic acids is 2. The molecule has 0 unspecified atom stereocenters. The summed E-state index contributed by atoms with van der Waals surface area (Å²) in [5.41, 5.74) is 0.530. The van der Waals surface area contributed by atoms with Gasteiger partial charge in [-0.05, 0) is 50.2 Å². The lowest BCUT2D eigenvalue weighted by atomic mass is 9.63. The van der Waals surface area contributed by atoms with Gasteiger partial charge in [-0.25, -0.2) is 13.8 Å². The van der Waals surface area contributed by atoms with Crippen LogP contribution in [-0.4, -0.2) is 36.1 Å². The summed E-state index contributed by atoms with van der Waals surface area (Å²) in [5, 5.41) is 3.37. The highest BCUT2D eigenvalue weighted by atomic mass is 32.1. The van der Waals surface area contributed by atoms with Crippen LogP contribution < -0.4 is 10.2 Å². The molecule has 3 fully saturated rings. The molecule has 1 N–H and O–H groups in total. The van der Waals surface area contributed by atoms with Gasteiger partial charge < -0.3 is 10.1 Å². The van der Waals surface area contributed by atoms with Crippen molar-refractivity contribution in [3.8, 4) is 0 Å². The Bertz CT molecular complexity index is 1040. The lowest BCUT2D eigenvalue weighted by molar-refractivity contribution is -0.135. The van der Waals surface area contributed by atoms with Crippen LogP contribution >= 0.6 is 11.3 Å². The van der Waals surface area contributed by atoms with Crippen molar-refractivity contribution in [1.82, 2.24) is 10.3 Å². The van der Waals surface area contributed by atoms with Gasteiger partial charge in [-0.2, -0.15) is 0 Å². The molecule has 2 amide bonds. The van der Waals surface area contributed by atoms with Crippen molar-refractivity contribution in [2.75, 3.05) is 18.1 Å². The van der Waals surface area contributed by atoms with E-state index in [9.17, 15) is 18.4 Å². The number of nitrogens with one attached hydrogen (secondary N) is 1. The molecule has 0 radical (unpaired) electrons. The second-order valence-corrected chi connectivity index (χ2v) is 10.3. The Morgan fingerprint density at radius 1 is 1.16 bits per heavy atom. The number of halogens is 2. The maximum Gasteiger partial charge on any atom is 0.271 e. The molecular formula is C23H25F2N3O3S. The molecule has 5 rings (SSSR count). The second-order valence-electron chi connectivity index (χ2n) is 9.07. The molecular weight excluding hydrogens is 436 g/mol. The number of hydrogen-bond acceptors (Lipinski definition) is 5. The van der Waals surface area contributed by atoms with E-state index in [2.05, 4.69) is 10.3 Å². The van der Waals surface area contributed by atoms with Crippen molar-refractivity contribution in [2.24, 2.45) is 11.3 Å². The number of ether oxygens (including phenoxy) is 1. The van der Waals surface area contributed by atoms with E-state index in [4.69, 9.17) is 4.74 Å². The molecule has 1 saturated heterocycles. The molecule has 32 heavy (non-hydrogen) atoms. The number of aromatic nitrogens is 1. The summed E-state index contributed by atoms with van der Waals surface area (Å²) in [5.74, 6) is -2.61. The van der Waals surface area contributed by atoms with Gasteiger partial charge in [-0.15, -0.1) is 11.3 Å². The molecule has 9 heteroatoms. The minimum atomic E-state index is -0.791. The van der Waals surface area contributed by atoms with Crippen LogP contribution in [0.3, 0.4) is 0 Å². The predicted molar refractivity (Wildman–Crippen MR) is 116 cm³/mol. The first-order valence-corrected chi connectivity index (χ1v) is 11.8. The van der Waals surface area contributed by atoms with E-state index in [0.29, 0.717) is 4.88 Å². The normalized spacial score (nSPS) is 21.8. The van der Waals surface area contributed by atoms with E-state index >= 15 is 0 Å². The number of aryl methyl sites for hydroxylation is 1. The Hall–Kier alpha value is -2.39. The maximum absolute atomic E-state index is 13.9. The molecule has 1 aliphatic heterocycles. The van der Waals surface area contributed by atoms with Crippen molar-refractivity contribution in [1.29, 1.82) is 0 Å². The summed E-state index contributed by atoms with van der Waals surface area (Å²) < 4.78 is 33.0. The average Bonchev–Trinajstić information content (AvgIpc) is 3.32. The topological polar surface area (TPSA) is 71.5 Å². The zero-order valence-electron chi connectivity index (χ0n) is 17.8. The third-order valence-corrected chi connectivity index (χ3v) is 8.04. The summed E-state index contributed by atoms with van der Waals surface area (Å²) in [6, 6.07) is 3.09. The third kappa shape index (κ3) is 3.71. The minimum absolute atomic E-state index is 0.0454. The van der Waals surface area contributed by atoms with Crippen LogP contribution in [-0.2, 0) is 9.53 Å². The highest BCUT2D eigenvalue weighted by molar-refractivity contribution is 7.16. The zero-order chi connectivity index (χ0) is 22.5. The fraction of sp³-hybridized carbons (Fsp3) is 0.522. The van der Waals surface area contributed by atoms with Crippen molar-refractivity contribution in [2.45, 2.75) is 51.5 Å². The Morgan fingerprint density at radius 3 is 2.41 bits per heavy atom. The highest BCUT2D eigenvalue weighted by Crippen LogP contribution is 2.53. The third-order valence-electron chi connectivity index (χ3n) is 7.08. The van der Waals surface area contributed by atoms with Crippen LogP contribution in [0.5, 0.6) is 0 Å². The SMILES string of the molecule is Cc1sc(N(C(=O)C2COC2)c2cc(F)cc(F)c2)nc1C(=O)N[C@H]1CCC12CCCC2. The van der Waals surface area contributed by atoms with Gasteiger partial charge >= 0.3 is 0 Å². The Morgan fingerprint density at radius 2 is 1.84 bits per heavy atom. The van der Waals surface area contributed by atoms with Gasteiger partial charge in [0.15, 0.2) is 5.13 Å². The van der Waals surface area contributed by atoms with E-state index < -0.39 is 17.6 Å². The second kappa shape index (κ2) is 8.19. The molecule has 1 atom stereocenters. The van der Waals surface area contributed by atoms with Gasteiger partial charge in [0, 0.05) is 17.0 Å². The number of hydrogen-bond donors (Lipinski definition) is 1. The molecule has 2 aromatic rings. The molecule has 3 aliphatic rings. The number of rotatable bonds is 5. The van der Waals surface area contributed by atoms with Crippen LogP contribution in [0.1, 0.15) is 53.9 Å². The summed E-state index contributed by atoms with van der Waals surface area (Å²) in [4.78, 5) is 32.5. The summed E-state index contributed by atoms with van der Waals surface area (Å²) >= 11 is 1.16. The van der Waals surface area contributed by atoms with E-state index in [0.717, 1.165) is 55.2 Å². The average molecular weight is 462 g/mol. The fourth-order valence-electron chi connectivity index (χ4n) is 5.08. The lowest BCUT2D eigenvalue weighted by Gasteiger charge is -2.47. The molecule has 1 spiro atoms. The Labute approximate surface area is 189 Å². The molecule has 2 aliphatic carbocycles. The highest BCUT2D eigenvalue weighted by Gasteiger charge is 2.49. The van der Waals surface area contributed by atoms with Crippen LogP contribution in [0.2, 0.25) is 0 Å². The van der Waals surface area contributed by atoms with Gasteiger partial charge in [-0.3, -0.25) is 14.5 Å². The number of nitrogens with zero attached hydrogens (tertiary/aromatic N) is 2. The largest absolute Gasteiger partial charge is 0.380 e. The number of anilines is 2. The molecule has 2 heterocycles. The first-order valence-electron chi connectivity index (χ1n) is 11.0. The molecule has 0 bridgehead atoms. The van der Waals surface area contributed by atoms with Crippen LogP contribution in [0.4, 0.5) is 19.6 Å². The van der Waals surface area contributed by atoms with Crippen LogP contribution in [0.15, 0.2) is 18.2 Å². The summed E-state index contributed by atoms with van der Waals surface area (Å²) in [6.07, 6.45) is 6.83. The number of amides is 2. The quantitative estimate of drug-likeness (QED) is 0.712. The van der Waals surface area contributed by atoms with Gasteiger partial charge in [0.05, 0.1) is 24.8 Å². The number of thiazole rings is 1. The minimum Gasteiger partial charge on any atom is -0.380 e. The summed E-state index contributed by atoms with van der Waals surface area (Å²) in [7, 11) is 0.